The second-order valence-electron chi connectivity index (χ2n) is 4.75. The van der Waals surface area contributed by atoms with E-state index in [-0.39, 0.29) is 0 Å². The number of anilines is 3. The molecule has 0 saturated carbocycles. The van der Waals surface area contributed by atoms with Crippen LogP contribution in [-0.2, 0) is 10.0 Å². The molecule has 0 fully saturated rings. The van der Waals surface area contributed by atoms with Crippen LogP contribution in [-0.4, -0.2) is 19.7 Å². The summed E-state index contributed by atoms with van der Waals surface area (Å²) in [5.41, 5.74) is 3.71. The number of hydrogen-bond donors (Lipinski definition) is 2. The fraction of sp³-hybridized carbons (Fsp3) is 0.214. The van der Waals surface area contributed by atoms with Crippen molar-refractivity contribution in [3.8, 4) is 0 Å². The molecule has 1 heterocycles. The van der Waals surface area contributed by atoms with Crippen LogP contribution in [0.5, 0.6) is 0 Å². The maximum Gasteiger partial charge on any atom is 0.229 e. The molecule has 1 aromatic carbocycles. The summed E-state index contributed by atoms with van der Waals surface area (Å²) in [5.74, 6) is 0.665. The summed E-state index contributed by atoms with van der Waals surface area (Å²) in [6.45, 7) is 4.04. The minimum Gasteiger partial charge on any atom is -0.340 e. The Labute approximate surface area is 119 Å². The Morgan fingerprint density at radius 3 is 2.45 bits per heavy atom. The number of pyridine rings is 1. The normalized spacial score (nSPS) is 11.2. The van der Waals surface area contributed by atoms with Crippen LogP contribution in [0.2, 0.25) is 0 Å². The summed E-state index contributed by atoms with van der Waals surface area (Å²) in [4.78, 5) is 4.19. The summed E-state index contributed by atoms with van der Waals surface area (Å²) in [5, 5.41) is 3.21. The van der Waals surface area contributed by atoms with Gasteiger partial charge in [-0.25, -0.2) is 13.4 Å². The minimum absolute atomic E-state index is 0.444. The molecular formula is C14H17N3O2S. The number of hydrogen-bond acceptors (Lipinski definition) is 4. The van der Waals surface area contributed by atoms with E-state index in [1.54, 1.807) is 12.1 Å². The van der Waals surface area contributed by atoms with Gasteiger partial charge in [0.05, 0.1) is 18.1 Å². The Bertz CT molecular complexity index is 710. The Hall–Kier alpha value is -2.08. The summed E-state index contributed by atoms with van der Waals surface area (Å²) >= 11 is 0. The molecule has 1 aromatic heterocycles. The van der Waals surface area contributed by atoms with Crippen LogP contribution in [0.1, 0.15) is 11.1 Å². The predicted octanol–water partition coefficient (Wildman–Crippen LogP) is 2.81. The van der Waals surface area contributed by atoms with Gasteiger partial charge in [0.2, 0.25) is 10.0 Å². The van der Waals surface area contributed by atoms with Crippen LogP contribution in [0.25, 0.3) is 0 Å². The van der Waals surface area contributed by atoms with Gasteiger partial charge in [0.15, 0.2) is 0 Å². The van der Waals surface area contributed by atoms with Gasteiger partial charge in [-0.1, -0.05) is 12.1 Å². The van der Waals surface area contributed by atoms with Gasteiger partial charge >= 0.3 is 0 Å². The van der Waals surface area contributed by atoms with E-state index in [4.69, 9.17) is 0 Å². The number of aryl methyl sites for hydroxylation is 2. The highest BCUT2D eigenvalue weighted by Crippen LogP contribution is 2.21. The largest absolute Gasteiger partial charge is 0.340 e. The van der Waals surface area contributed by atoms with Crippen molar-refractivity contribution in [2.24, 2.45) is 0 Å². The number of sulfonamides is 1. The second-order valence-corrected chi connectivity index (χ2v) is 6.50. The van der Waals surface area contributed by atoms with E-state index in [9.17, 15) is 8.42 Å². The minimum atomic E-state index is -3.27. The van der Waals surface area contributed by atoms with Gasteiger partial charge in [0.25, 0.3) is 0 Å². The fourth-order valence-electron chi connectivity index (χ4n) is 1.75. The van der Waals surface area contributed by atoms with Crippen molar-refractivity contribution >= 4 is 27.2 Å². The average Bonchev–Trinajstić information content (AvgIpc) is 2.34. The molecular weight excluding hydrogens is 274 g/mol. The number of nitrogens with zero attached hydrogens (tertiary/aromatic N) is 1. The summed E-state index contributed by atoms with van der Waals surface area (Å²) in [6.07, 6.45) is 2.59. The maximum atomic E-state index is 11.1. The highest BCUT2D eigenvalue weighted by atomic mass is 32.2. The van der Waals surface area contributed by atoms with Crippen molar-refractivity contribution in [2.45, 2.75) is 13.8 Å². The molecule has 2 rings (SSSR count). The first-order valence-corrected chi connectivity index (χ1v) is 8.01. The van der Waals surface area contributed by atoms with Gasteiger partial charge < -0.3 is 5.32 Å². The molecule has 6 heteroatoms. The summed E-state index contributed by atoms with van der Waals surface area (Å²) in [7, 11) is -3.27. The lowest BCUT2D eigenvalue weighted by Gasteiger charge is -2.10. The predicted molar refractivity (Wildman–Crippen MR) is 81.9 cm³/mol. The first kappa shape index (κ1) is 14.3. The number of nitrogens with one attached hydrogen (secondary N) is 2. The molecule has 0 aliphatic heterocycles. The van der Waals surface area contributed by atoms with Crippen molar-refractivity contribution in [1.29, 1.82) is 0 Å². The highest BCUT2D eigenvalue weighted by Gasteiger charge is 2.04. The molecule has 2 N–H and O–H groups in total. The molecule has 20 heavy (non-hydrogen) atoms. The molecule has 0 unspecified atom stereocenters. The first-order valence-electron chi connectivity index (χ1n) is 6.11. The quantitative estimate of drug-likeness (QED) is 0.908. The zero-order valence-electron chi connectivity index (χ0n) is 11.6. The molecule has 2 aromatic rings. The Morgan fingerprint density at radius 2 is 1.85 bits per heavy atom. The van der Waals surface area contributed by atoms with Gasteiger partial charge in [-0.2, -0.15) is 0 Å². The third-order valence-corrected chi connectivity index (χ3v) is 3.33. The van der Waals surface area contributed by atoms with E-state index in [1.807, 2.05) is 32.0 Å². The van der Waals surface area contributed by atoms with E-state index < -0.39 is 10.0 Å². The number of aromatic nitrogens is 1. The third-order valence-electron chi connectivity index (χ3n) is 2.72. The van der Waals surface area contributed by atoms with Crippen LogP contribution >= 0.6 is 0 Å². The highest BCUT2D eigenvalue weighted by molar-refractivity contribution is 7.92. The van der Waals surface area contributed by atoms with E-state index in [0.717, 1.165) is 23.1 Å². The third kappa shape index (κ3) is 3.96. The van der Waals surface area contributed by atoms with Crippen LogP contribution < -0.4 is 10.0 Å². The number of rotatable bonds is 4. The topological polar surface area (TPSA) is 71.1 Å². The zero-order valence-corrected chi connectivity index (χ0v) is 12.5. The van der Waals surface area contributed by atoms with Gasteiger partial charge in [0, 0.05) is 5.69 Å². The molecule has 5 nitrogen and oxygen atoms in total. The molecule has 0 saturated heterocycles. The lowest BCUT2D eigenvalue weighted by atomic mass is 10.1. The SMILES string of the molecule is Cc1ccc(C)c(Nc2ccc(NS(C)(=O)=O)cn2)c1. The van der Waals surface area contributed by atoms with Crippen LogP contribution in [0.3, 0.4) is 0 Å². The van der Waals surface area contributed by atoms with Crippen molar-refractivity contribution in [3.63, 3.8) is 0 Å². The van der Waals surface area contributed by atoms with E-state index in [1.165, 1.54) is 6.20 Å². The standard InChI is InChI=1S/C14H17N3O2S/c1-10-4-5-11(2)13(8-10)16-14-7-6-12(9-15-14)17-20(3,18)19/h4-9,17H,1-3H3,(H,15,16). The summed E-state index contributed by atoms with van der Waals surface area (Å²) in [6, 6.07) is 9.53. The molecule has 0 bridgehead atoms. The molecule has 0 amide bonds. The second kappa shape index (κ2) is 5.50. The van der Waals surface area contributed by atoms with Crippen molar-refractivity contribution < 1.29 is 8.42 Å². The van der Waals surface area contributed by atoms with Gasteiger partial charge in [-0.3, -0.25) is 4.72 Å². The van der Waals surface area contributed by atoms with Crippen molar-refractivity contribution in [3.05, 3.63) is 47.7 Å². The first-order chi connectivity index (χ1) is 9.33. The van der Waals surface area contributed by atoms with Crippen molar-refractivity contribution in [1.82, 2.24) is 4.98 Å². The fourth-order valence-corrected chi connectivity index (χ4v) is 2.30. The molecule has 0 atom stereocenters. The van der Waals surface area contributed by atoms with E-state index >= 15 is 0 Å². The van der Waals surface area contributed by atoms with Crippen LogP contribution in [0.15, 0.2) is 36.5 Å². The Kier molecular flexibility index (Phi) is 3.94. The lowest BCUT2D eigenvalue weighted by molar-refractivity contribution is 0.607. The molecule has 0 aliphatic rings. The zero-order chi connectivity index (χ0) is 14.8. The molecule has 0 spiro atoms. The van der Waals surface area contributed by atoms with Crippen molar-refractivity contribution in [2.75, 3.05) is 16.3 Å². The molecule has 0 aliphatic carbocycles. The lowest BCUT2D eigenvalue weighted by Crippen LogP contribution is -2.09. The monoisotopic (exact) mass is 291 g/mol. The number of benzene rings is 1. The maximum absolute atomic E-state index is 11.1. The molecule has 106 valence electrons. The Balaban J connectivity index is 2.17. The van der Waals surface area contributed by atoms with E-state index in [2.05, 4.69) is 15.0 Å². The van der Waals surface area contributed by atoms with Gasteiger partial charge in [-0.15, -0.1) is 0 Å². The Morgan fingerprint density at radius 1 is 1.10 bits per heavy atom. The van der Waals surface area contributed by atoms with E-state index in [0.29, 0.717) is 11.5 Å². The smallest absolute Gasteiger partial charge is 0.229 e. The summed E-state index contributed by atoms with van der Waals surface area (Å²) < 4.78 is 24.6. The van der Waals surface area contributed by atoms with Crippen LogP contribution in [0, 0.1) is 13.8 Å². The average molecular weight is 291 g/mol. The molecule has 0 radical (unpaired) electrons. The van der Waals surface area contributed by atoms with Crippen LogP contribution in [0.4, 0.5) is 17.2 Å². The van der Waals surface area contributed by atoms with Gasteiger partial charge in [-0.05, 0) is 43.2 Å². The van der Waals surface area contributed by atoms with Gasteiger partial charge in [0.1, 0.15) is 5.82 Å².